The Morgan fingerprint density at radius 1 is 1.05 bits per heavy atom. The van der Waals surface area contributed by atoms with Crippen LogP contribution in [0.4, 0.5) is 0 Å². The van der Waals surface area contributed by atoms with E-state index in [-0.39, 0.29) is 0 Å². The van der Waals surface area contributed by atoms with Gasteiger partial charge in [-0.25, -0.2) is 0 Å². The highest BCUT2D eigenvalue weighted by Gasteiger charge is 2.04. The van der Waals surface area contributed by atoms with E-state index >= 15 is 0 Å². The van der Waals surface area contributed by atoms with Crippen LogP contribution in [0.2, 0.25) is 10.0 Å². The van der Waals surface area contributed by atoms with Gasteiger partial charge in [0.1, 0.15) is 11.5 Å². The quantitative estimate of drug-likeness (QED) is 0.759. The maximum atomic E-state index is 6.26. The van der Waals surface area contributed by atoms with Gasteiger partial charge in [-0.05, 0) is 35.9 Å². The predicted molar refractivity (Wildman–Crippen MR) is 86.6 cm³/mol. The zero-order valence-electron chi connectivity index (χ0n) is 11.7. The number of hydrogen-bond donors (Lipinski definition) is 1. The van der Waals surface area contributed by atoms with Crippen LogP contribution in [0.25, 0.3) is 0 Å². The zero-order valence-corrected chi connectivity index (χ0v) is 13.2. The Hall–Kier alpha value is -1.26. The number of nitrogens with one attached hydrogen (secondary N) is 1. The second-order valence-electron chi connectivity index (χ2n) is 4.48. The third-order valence-electron chi connectivity index (χ3n) is 2.85. The largest absolute Gasteiger partial charge is 0.457 e. The van der Waals surface area contributed by atoms with E-state index in [4.69, 9.17) is 32.7 Å². The molecule has 2 aromatic rings. The molecule has 112 valence electrons. The summed E-state index contributed by atoms with van der Waals surface area (Å²) in [5.41, 5.74) is 1.02. The Balaban J connectivity index is 1.98. The van der Waals surface area contributed by atoms with E-state index in [0.29, 0.717) is 34.7 Å². The number of halogens is 2. The van der Waals surface area contributed by atoms with E-state index in [9.17, 15) is 0 Å². The van der Waals surface area contributed by atoms with Crippen molar-refractivity contribution in [3.8, 4) is 11.5 Å². The summed E-state index contributed by atoms with van der Waals surface area (Å²) in [6.45, 7) is 2.15. The van der Waals surface area contributed by atoms with Gasteiger partial charge in [0.05, 0.1) is 6.61 Å². The van der Waals surface area contributed by atoms with Crippen molar-refractivity contribution < 1.29 is 9.47 Å². The molecule has 0 atom stereocenters. The Bertz CT molecular complexity index is 590. The fraction of sp³-hybridized carbons (Fsp3) is 0.250. The molecule has 1 N–H and O–H groups in total. The Labute approximate surface area is 134 Å². The third kappa shape index (κ3) is 5.21. The summed E-state index contributed by atoms with van der Waals surface area (Å²) in [6, 6.07) is 12.9. The lowest BCUT2D eigenvalue weighted by molar-refractivity contribution is 0.199. The first-order valence-corrected chi connectivity index (χ1v) is 7.36. The fourth-order valence-electron chi connectivity index (χ4n) is 1.80. The molecule has 0 spiro atoms. The highest BCUT2D eigenvalue weighted by atomic mass is 35.5. The van der Waals surface area contributed by atoms with E-state index in [1.165, 1.54) is 0 Å². The van der Waals surface area contributed by atoms with Crippen LogP contribution in [0.15, 0.2) is 42.5 Å². The van der Waals surface area contributed by atoms with Gasteiger partial charge in [-0.3, -0.25) is 0 Å². The Kier molecular flexibility index (Phi) is 6.33. The molecule has 21 heavy (non-hydrogen) atoms. The summed E-state index contributed by atoms with van der Waals surface area (Å²) in [6.07, 6.45) is 0. The number of benzene rings is 2. The van der Waals surface area contributed by atoms with Crippen LogP contribution in [0.1, 0.15) is 5.56 Å². The molecule has 0 aromatic heterocycles. The van der Waals surface area contributed by atoms with Gasteiger partial charge in [0.15, 0.2) is 0 Å². The van der Waals surface area contributed by atoms with Crippen molar-refractivity contribution in [2.75, 3.05) is 20.3 Å². The van der Waals surface area contributed by atoms with Crippen LogP contribution in [0.3, 0.4) is 0 Å². The summed E-state index contributed by atoms with van der Waals surface area (Å²) in [4.78, 5) is 0. The average Bonchev–Trinajstić information content (AvgIpc) is 2.45. The highest BCUT2D eigenvalue weighted by Crippen LogP contribution is 2.28. The van der Waals surface area contributed by atoms with Crippen LogP contribution in [0, 0.1) is 0 Å². The molecule has 0 saturated carbocycles. The lowest BCUT2D eigenvalue weighted by atomic mass is 10.2. The van der Waals surface area contributed by atoms with Crippen molar-refractivity contribution in [2.45, 2.75) is 6.54 Å². The first-order valence-electron chi connectivity index (χ1n) is 6.60. The standard InChI is InChI=1S/C16H17Cl2NO2/c1-20-8-7-19-11-12-5-6-15(10-16(12)18)21-14-4-2-3-13(17)9-14/h2-6,9-10,19H,7-8,11H2,1H3. The van der Waals surface area contributed by atoms with Crippen LogP contribution in [0.5, 0.6) is 11.5 Å². The molecular formula is C16H17Cl2NO2. The maximum absolute atomic E-state index is 6.26. The van der Waals surface area contributed by atoms with Crippen LogP contribution >= 0.6 is 23.2 Å². The molecule has 0 aliphatic carbocycles. The van der Waals surface area contributed by atoms with Crippen LogP contribution < -0.4 is 10.1 Å². The van der Waals surface area contributed by atoms with Crippen LogP contribution in [-0.2, 0) is 11.3 Å². The summed E-state index contributed by atoms with van der Waals surface area (Å²) >= 11 is 12.2. The molecular weight excluding hydrogens is 309 g/mol. The van der Waals surface area contributed by atoms with Crippen molar-refractivity contribution in [3.05, 3.63) is 58.1 Å². The molecule has 5 heteroatoms. The number of rotatable bonds is 7. The molecule has 2 rings (SSSR count). The van der Waals surface area contributed by atoms with E-state index in [1.807, 2.05) is 24.3 Å². The molecule has 0 saturated heterocycles. The minimum atomic E-state index is 0.637. The number of ether oxygens (including phenoxy) is 2. The van der Waals surface area contributed by atoms with E-state index in [1.54, 1.807) is 25.3 Å². The van der Waals surface area contributed by atoms with E-state index in [2.05, 4.69) is 5.32 Å². The zero-order chi connectivity index (χ0) is 15.1. The van der Waals surface area contributed by atoms with Crippen molar-refractivity contribution >= 4 is 23.2 Å². The molecule has 0 aliphatic rings. The van der Waals surface area contributed by atoms with Crippen molar-refractivity contribution in [2.24, 2.45) is 0 Å². The Morgan fingerprint density at radius 2 is 1.86 bits per heavy atom. The van der Waals surface area contributed by atoms with Gasteiger partial charge in [0.25, 0.3) is 0 Å². The first kappa shape index (κ1) is 16.1. The molecule has 2 aromatic carbocycles. The lowest BCUT2D eigenvalue weighted by Gasteiger charge is -2.10. The molecule has 0 radical (unpaired) electrons. The second kappa shape index (κ2) is 8.25. The smallest absolute Gasteiger partial charge is 0.128 e. The highest BCUT2D eigenvalue weighted by molar-refractivity contribution is 6.31. The number of methoxy groups -OCH3 is 1. The minimum absolute atomic E-state index is 0.637. The SMILES string of the molecule is COCCNCc1ccc(Oc2cccc(Cl)c2)cc1Cl. The van der Waals surface area contributed by atoms with Gasteiger partial charge in [0.2, 0.25) is 0 Å². The summed E-state index contributed by atoms with van der Waals surface area (Å²) < 4.78 is 10.7. The topological polar surface area (TPSA) is 30.5 Å². The Morgan fingerprint density at radius 3 is 2.57 bits per heavy atom. The van der Waals surface area contributed by atoms with Crippen molar-refractivity contribution in [1.82, 2.24) is 5.32 Å². The third-order valence-corrected chi connectivity index (χ3v) is 3.44. The van der Waals surface area contributed by atoms with E-state index < -0.39 is 0 Å². The lowest BCUT2D eigenvalue weighted by Crippen LogP contribution is -2.18. The van der Waals surface area contributed by atoms with E-state index in [0.717, 1.165) is 12.1 Å². The van der Waals surface area contributed by atoms with Gasteiger partial charge in [-0.15, -0.1) is 0 Å². The fourth-order valence-corrected chi connectivity index (χ4v) is 2.22. The molecule has 0 amide bonds. The van der Waals surface area contributed by atoms with Gasteiger partial charge in [-0.2, -0.15) is 0 Å². The average molecular weight is 326 g/mol. The first-order chi connectivity index (χ1) is 10.2. The summed E-state index contributed by atoms with van der Waals surface area (Å²) in [5, 5.41) is 4.56. The molecule has 3 nitrogen and oxygen atoms in total. The van der Waals surface area contributed by atoms with Gasteiger partial charge in [-0.1, -0.05) is 35.3 Å². The normalized spacial score (nSPS) is 10.6. The van der Waals surface area contributed by atoms with Crippen molar-refractivity contribution in [1.29, 1.82) is 0 Å². The summed E-state index contributed by atoms with van der Waals surface area (Å²) in [5.74, 6) is 1.37. The van der Waals surface area contributed by atoms with Gasteiger partial charge < -0.3 is 14.8 Å². The van der Waals surface area contributed by atoms with Crippen LogP contribution in [-0.4, -0.2) is 20.3 Å². The van der Waals surface area contributed by atoms with Gasteiger partial charge >= 0.3 is 0 Å². The molecule has 0 fully saturated rings. The van der Waals surface area contributed by atoms with Crippen molar-refractivity contribution in [3.63, 3.8) is 0 Å². The molecule has 0 aliphatic heterocycles. The molecule has 0 bridgehead atoms. The molecule has 0 unspecified atom stereocenters. The monoisotopic (exact) mass is 325 g/mol. The molecule has 0 heterocycles. The predicted octanol–water partition coefficient (Wildman–Crippen LogP) is 4.52. The number of hydrogen-bond acceptors (Lipinski definition) is 3. The minimum Gasteiger partial charge on any atom is -0.457 e. The van der Waals surface area contributed by atoms with Gasteiger partial charge in [0, 0.05) is 30.2 Å². The second-order valence-corrected chi connectivity index (χ2v) is 5.33. The maximum Gasteiger partial charge on any atom is 0.128 e. The summed E-state index contributed by atoms with van der Waals surface area (Å²) in [7, 11) is 1.68.